The zero-order valence-corrected chi connectivity index (χ0v) is 22.7. The van der Waals surface area contributed by atoms with Crippen LogP contribution in [0.15, 0.2) is 24.5 Å². The Bertz CT molecular complexity index is 1010. The molecule has 3 heterocycles. The number of carbonyl (C=O) groups excluding carboxylic acids is 1. The molecule has 0 radical (unpaired) electrons. The van der Waals surface area contributed by atoms with Gasteiger partial charge in [0.25, 0.3) is 0 Å². The fourth-order valence-corrected chi connectivity index (χ4v) is 4.18. The van der Waals surface area contributed by atoms with E-state index in [0.29, 0.717) is 18.0 Å². The fraction of sp³-hybridized carbons (Fsp3) is 0.609. The number of carboxylic acids is 3. The van der Waals surface area contributed by atoms with Gasteiger partial charge in [0, 0.05) is 51.2 Å². The first kappa shape index (κ1) is 39.3. The maximum absolute atomic E-state index is 12.2. The number of carboxylic acid groups (broad SMARTS) is 3. The van der Waals surface area contributed by atoms with E-state index >= 15 is 0 Å². The Morgan fingerprint density at radius 2 is 1.35 bits per heavy atom. The van der Waals surface area contributed by atoms with Crippen molar-refractivity contribution in [2.45, 2.75) is 63.5 Å². The molecule has 2 aliphatic heterocycles. The van der Waals surface area contributed by atoms with Crippen molar-refractivity contribution in [2.24, 2.45) is 5.92 Å². The Hall–Kier alpha value is -3.68. The van der Waals surface area contributed by atoms with Gasteiger partial charge in [0.15, 0.2) is 0 Å². The number of likely N-dealkylation sites (N-methyl/N-ethyl adjacent to an activating group) is 1. The molecule has 2 saturated heterocycles. The lowest BCUT2D eigenvalue weighted by Crippen LogP contribution is -2.50. The van der Waals surface area contributed by atoms with Crippen molar-refractivity contribution in [3.05, 3.63) is 30.1 Å². The molecule has 0 unspecified atom stereocenters. The molecule has 0 aromatic carbocycles. The average Bonchev–Trinajstić information content (AvgIpc) is 3.40. The maximum atomic E-state index is 12.2. The van der Waals surface area contributed by atoms with Gasteiger partial charge in [0.2, 0.25) is 5.91 Å². The third-order valence-corrected chi connectivity index (χ3v) is 5.75. The first-order valence-corrected chi connectivity index (χ1v) is 11.9. The largest absolute Gasteiger partial charge is 0.490 e. The Balaban J connectivity index is 0.000000690. The average molecular weight is 644 g/mol. The predicted molar refractivity (Wildman–Crippen MR) is 127 cm³/mol. The van der Waals surface area contributed by atoms with E-state index in [1.165, 1.54) is 5.56 Å². The minimum Gasteiger partial charge on any atom is -0.475 e. The van der Waals surface area contributed by atoms with Crippen molar-refractivity contribution < 1.29 is 74.0 Å². The molecule has 0 saturated carbocycles. The Labute approximate surface area is 238 Å². The number of aromatic nitrogens is 1. The fourth-order valence-electron chi connectivity index (χ4n) is 4.18. The van der Waals surface area contributed by atoms with Crippen LogP contribution in [0.25, 0.3) is 0 Å². The topological polar surface area (TPSA) is 160 Å². The van der Waals surface area contributed by atoms with Gasteiger partial charge in [-0.1, -0.05) is 6.07 Å². The molecule has 2 fully saturated rings. The summed E-state index contributed by atoms with van der Waals surface area (Å²) in [4.78, 5) is 48.0. The molecule has 11 nitrogen and oxygen atoms in total. The first-order valence-electron chi connectivity index (χ1n) is 11.9. The van der Waals surface area contributed by atoms with Crippen LogP contribution in [0.3, 0.4) is 0 Å². The van der Waals surface area contributed by atoms with Crippen molar-refractivity contribution >= 4 is 23.8 Å². The summed E-state index contributed by atoms with van der Waals surface area (Å²) in [5.41, 5.74) is 1.27. The highest BCUT2D eigenvalue weighted by molar-refractivity contribution is 5.82. The van der Waals surface area contributed by atoms with Crippen LogP contribution in [-0.4, -0.2) is 111 Å². The molecule has 3 rings (SSSR count). The van der Waals surface area contributed by atoms with Crippen molar-refractivity contribution in [3.8, 4) is 0 Å². The number of rotatable bonds is 4. The van der Waals surface area contributed by atoms with Gasteiger partial charge in [-0.2, -0.15) is 39.5 Å². The Morgan fingerprint density at radius 1 is 0.907 bits per heavy atom. The van der Waals surface area contributed by atoms with E-state index in [1.807, 2.05) is 18.5 Å². The molecule has 2 aliphatic rings. The molecule has 0 spiro atoms. The number of nitrogens with zero attached hydrogens (tertiary/aromatic N) is 3. The van der Waals surface area contributed by atoms with Crippen LogP contribution in [-0.2, 0) is 25.7 Å². The van der Waals surface area contributed by atoms with Crippen LogP contribution in [0.4, 0.5) is 39.5 Å². The van der Waals surface area contributed by atoms with Gasteiger partial charge in [0.1, 0.15) is 0 Å². The number of halogens is 9. The van der Waals surface area contributed by atoms with Gasteiger partial charge in [-0.05, 0) is 37.8 Å². The first-order chi connectivity index (χ1) is 19.4. The molecule has 0 aliphatic carbocycles. The molecular formula is C23H29F9N4O7. The SMILES string of the molecule is CNC(=O)[C@@H]1C[C@H]2CN(Cc3cccnc3)C[C@H]2N1C(C)C.O=C(O)C(F)(F)F.O=C(O)C(F)(F)F.O=C(O)C(F)(F)F. The lowest BCUT2D eigenvalue weighted by molar-refractivity contribution is -0.193. The summed E-state index contributed by atoms with van der Waals surface area (Å²) in [6, 6.07) is 5.07. The summed E-state index contributed by atoms with van der Waals surface area (Å²) >= 11 is 0. The third kappa shape index (κ3) is 13.9. The van der Waals surface area contributed by atoms with Gasteiger partial charge in [-0.25, -0.2) is 14.4 Å². The van der Waals surface area contributed by atoms with Crippen LogP contribution in [0.2, 0.25) is 0 Å². The van der Waals surface area contributed by atoms with E-state index in [9.17, 15) is 44.3 Å². The van der Waals surface area contributed by atoms with Gasteiger partial charge in [0.05, 0.1) is 6.04 Å². The molecule has 246 valence electrons. The maximum Gasteiger partial charge on any atom is 0.490 e. The van der Waals surface area contributed by atoms with Crippen molar-refractivity contribution in [2.75, 3.05) is 20.1 Å². The minimum absolute atomic E-state index is 0.0422. The lowest BCUT2D eigenvalue weighted by Gasteiger charge is -2.33. The predicted octanol–water partition coefficient (Wildman–Crippen LogP) is 3.01. The second-order valence-corrected chi connectivity index (χ2v) is 9.20. The Morgan fingerprint density at radius 3 is 1.67 bits per heavy atom. The molecule has 1 aromatic rings. The van der Waals surface area contributed by atoms with E-state index in [2.05, 4.69) is 40.0 Å². The van der Waals surface area contributed by atoms with Gasteiger partial charge in [-0.15, -0.1) is 0 Å². The molecule has 1 amide bonds. The number of hydrogen-bond acceptors (Lipinski definition) is 7. The number of amides is 1. The van der Waals surface area contributed by atoms with E-state index in [1.54, 1.807) is 7.05 Å². The van der Waals surface area contributed by atoms with Crippen molar-refractivity contribution in [1.29, 1.82) is 0 Å². The monoisotopic (exact) mass is 644 g/mol. The summed E-state index contributed by atoms with van der Waals surface area (Å²) in [6.07, 6.45) is -10.5. The number of fused-ring (bicyclic) bond motifs is 1. The smallest absolute Gasteiger partial charge is 0.475 e. The third-order valence-electron chi connectivity index (χ3n) is 5.75. The van der Waals surface area contributed by atoms with E-state index < -0.39 is 36.4 Å². The van der Waals surface area contributed by atoms with Crippen LogP contribution in [0, 0.1) is 5.92 Å². The molecule has 4 N–H and O–H groups in total. The Kier molecular flexibility index (Phi) is 14.9. The number of carbonyl (C=O) groups is 4. The van der Waals surface area contributed by atoms with Crippen LogP contribution < -0.4 is 5.32 Å². The van der Waals surface area contributed by atoms with Crippen LogP contribution in [0.5, 0.6) is 0 Å². The zero-order valence-electron chi connectivity index (χ0n) is 22.7. The quantitative estimate of drug-likeness (QED) is 0.359. The van der Waals surface area contributed by atoms with Crippen LogP contribution >= 0.6 is 0 Å². The molecule has 20 heteroatoms. The van der Waals surface area contributed by atoms with Crippen LogP contribution in [0.1, 0.15) is 25.8 Å². The second kappa shape index (κ2) is 16.2. The lowest BCUT2D eigenvalue weighted by atomic mass is 10.0. The standard InChI is InChI=1S/C17H26N4O.3C2HF3O2/c1-12(2)21-15(17(22)18-3)7-14-10-20(11-16(14)21)9-13-5-4-6-19-8-13;3*3-2(4,5)1(6)7/h4-6,8,12,14-16H,7,9-11H2,1-3H3,(H,18,22);3*(H,6,7)/t14-,15-,16+;;;/m0.../s1. The summed E-state index contributed by atoms with van der Waals surface area (Å²) < 4.78 is 95.2. The highest BCUT2D eigenvalue weighted by Gasteiger charge is 2.49. The number of aliphatic carboxylic acids is 3. The summed E-state index contributed by atoms with van der Waals surface area (Å²) in [7, 11) is 1.74. The van der Waals surface area contributed by atoms with E-state index in [0.717, 1.165) is 26.1 Å². The minimum atomic E-state index is -5.08. The second-order valence-electron chi connectivity index (χ2n) is 9.20. The highest BCUT2D eigenvalue weighted by atomic mass is 19.4. The zero-order chi connectivity index (χ0) is 33.9. The number of nitrogens with one attached hydrogen (secondary N) is 1. The summed E-state index contributed by atoms with van der Waals surface area (Å²) in [5, 5.41) is 24.2. The van der Waals surface area contributed by atoms with Gasteiger partial charge < -0.3 is 20.6 Å². The summed E-state index contributed by atoms with van der Waals surface area (Å²) in [6.45, 7) is 7.48. The number of alkyl halides is 9. The van der Waals surface area contributed by atoms with E-state index in [4.69, 9.17) is 29.7 Å². The summed E-state index contributed by atoms with van der Waals surface area (Å²) in [5.74, 6) is -7.50. The number of hydrogen-bond donors (Lipinski definition) is 4. The number of pyridine rings is 1. The molecule has 43 heavy (non-hydrogen) atoms. The molecule has 0 bridgehead atoms. The van der Waals surface area contributed by atoms with Crippen molar-refractivity contribution in [1.82, 2.24) is 20.1 Å². The normalized spacial score (nSPS) is 20.3. The molecule has 1 aromatic heterocycles. The highest BCUT2D eigenvalue weighted by Crippen LogP contribution is 2.37. The molecule has 3 atom stereocenters. The molecular weight excluding hydrogens is 615 g/mol. The van der Waals surface area contributed by atoms with Gasteiger partial charge >= 0.3 is 36.4 Å². The van der Waals surface area contributed by atoms with Crippen molar-refractivity contribution in [3.63, 3.8) is 0 Å². The van der Waals surface area contributed by atoms with Gasteiger partial charge in [-0.3, -0.25) is 19.6 Å². The van der Waals surface area contributed by atoms with E-state index in [-0.39, 0.29) is 11.9 Å². The number of likely N-dealkylation sites (tertiary alicyclic amines) is 2.